The van der Waals surface area contributed by atoms with Gasteiger partial charge in [-0.1, -0.05) is 18.2 Å². The summed E-state index contributed by atoms with van der Waals surface area (Å²) in [7, 11) is 0. The topological polar surface area (TPSA) is 62.9 Å². The number of alkyl halides is 3. The van der Waals surface area contributed by atoms with Crippen LogP contribution in [0.15, 0.2) is 59.0 Å². The van der Waals surface area contributed by atoms with Gasteiger partial charge >= 0.3 is 12.1 Å². The second-order valence-corrected chi connectivity index (χ2v) is 8.97. The number of hydrogen-bond donors (Lipinski definition) is 1. The van der Waals surface area contributed by atoms with Gasteiger partial charge < -0.3 is 14.3 Å². The molecule has 0 saturated carbocycles. The Bertz CT molecular complexity index is 1170. The van der Waals surface area contributed by atoms with Crippen molar-refractivity contribution in [3.63, 3.8) is 0 Å². The van der Waals surface area contributed by atoms with E-state index in [9.17, 15) is 23.1 Å². The molecule has 0 atom stereocenters. The predicted molar refractivity (Wildman–Crippen MR) is 121 cm³/mol. The van der Waals surface area contributed by atoms with Crippen LogP contribution in [0.4, 0.5) is 13.2 Å². The molecule has 34 heavy (non-hydrogen) atoms. The first-order chi connectivity index (χ1) is 16.0. The Kier molecular flexibility index (Phi) is 6.45. The molecular weight excluding hydrogens is 447 g/mol. The number of carboxylic acid groups (broad SMARTS) is 1. The largest absolute Gasteiger partial charge is 0.478 e. The van der Waals surface area contributed by atoms with Crippen molar-refractivity contribution in [2.75, 3.05) is 13.1 Å². The maximum Gasteiger partial charge on any atom is 0.416 e. The lowest BCUT2D eigenvalue weighted by molar-refractivity contribution is -0.152. The number of fused-ring (bicyclic) bond motifs is 1. The predicted octanol–water partition coefficient (Wildman–Crippen LogP) is 5.81. The van der Waals surface area contributed by atoms with E-state index in [1.807, 2.05) is 24.3 Å². The average Bonchev–Trinajstić information content (AvgIpc) is 3.15. The molecule has 0 bridgehead atoms. The first-order valence-corrected chi connectivity index (χ1v) is 11.0. The quantitative estimate of drug-likeness (QED) is 0.490. The zero-order chi connectivity index (χ0) is 24.5. The highest BCUT2D eigenvalue weighted by molar-refractivity contribution is 5.76. The van der Waals surface area contributed by atoms with E-state index in [4.69, 9.17) is 9.15 Å². The number of carboxylic acids is 1. The molecule has 0 aliphatic carbocycles. The molecule has 0 saturated heterocycles. The number of hydrogen-bond acceptors (Lipinski definition) is 4. The van der Waals surface area contributed by atoms with Crippen LogP contribution < -0.4 is 4.74 Å². The fourth-order valence-corrected chi connectivity index (χ4v) is 3.97. The van der Waals surface area contributed by atoms with Gasteiger partial charge in [-0.15, -0.1) is 0 Å². The zero-order valence-electron chi connectivity index (χ0n) is 19.0. The first-order valence-electron chi connectivity index (χ1n) is 11.0. The molecule has 1 aliphatic heterocycles. The van der Waals surface area contributed by atoms with Gasteiger partial charge in [0, 0.05) is 18.7 Å². The molecule has 0 amide bonds. The number of nitrogens with zero attached hydrogens (tertiary/aromatic N) is 1. The highest BCUT2D eigenvalue weighted by Gasteiger charge is 2.31. The van der Waals surface area contributed by atoms with Gasteiger partial charge in [-0.25, -0.2) is 4.79 Å². The van der Waals surface area contributed by atoms with Crippen LogP contribution in [0.25, 0.3) is 11.3 Å². The van der Waals surface area contributed by atoms with E-state index < -0.39 is 23.3 Å². The summed E-state index contributed by atoms with van der Waals surface area (Å²) in [4.78, 5) is 13.6. The van der Waals surface area contributed by atoms with Crippen LogP contribution in [-0.2, 0) is 30.4 Å². The Morgan fingerprint density at radius 3 is 2.32 bits per heavy atom. The van der Waals surface area contributed by atoms with Crippen molar-refractivity contribution in [3.05, 3.63) is 77.0 Å². The number of carbonyl (C=O) groups is 1. The third-order valence-electron chi connectivity index (χ3n) is 6.00. The molecule has 1 aromatic heterocycles. The van der Waals surface area contributed by atoms with Crippen molar-refractivity contribution in [2.24, 2.45) is 0 Å². The molecule has 180 valence electrons. The van der Waals surface area contributed by atoms with Gasteiger partial charge in [0.15, 0.2) is 5.60 Å². The van der Waals surface area contributed by atoms with Gasteiger partial charge in [0.2, 0.25) is 0 Å². The maximum absolute atomic E-state index is 12.8. The lowest BCUT2D eigenvalue weighted by atomic mass is 10.0. The van der Waals surface area contributed by atoms with Crippen LogP contribution in [0.5, 0.6) is 5.75 Å². The van der Waals surface area contributed by atoms with Crippen LogP contribution in [0.2, 0.25) is 0 Å². The average molecular weight is 473 g/mol. The van der Waals surface area contributed by atoms with Gasteiger partial charge in [-0.3, -0.25) is 4.90 Å². The Balaban J connectivity index is 1.39. The van der Waals surface area contributed by atoms with E-state index in [1.54, 1.807) is 6.07 Å². The summed E-state index contributed by atoms with van der Waals surface area (Å²) in [6, 6.07) is 14.3. The molecule has 1 aliphatic rings. The van der Waals surface area contributed by atoms with Crippen molar-refractivity contribution in [1.82, 2.24) is 4.90 Å². The minimum absolute atomic E-state index is 0.532. The lowest BCUT2D eigenvalue weighted by Gasteiger charge is -2.22. The molecule has 5 nitrogen and oxygen atoms in total. The van der Waals surface area contributed by atoms with Crippen LogP contribution in [0, 0.1) is 0 Å². The molecule has 0 unspecified atom stereocenters. The van der Waals surface area contributed by atoms with Crippen molar-refractivity contribution in [3.8, 4) is 17.1 Å². The van der Waals surface area contributed by atoms with Crippen LogP contribution in [0.1, 0.15) is 36.3 Å². The third kappa shape index (κ3) is 5.44. The number of aliphatic carboxylic acids is 1. The standard InChI is InChI=1S/C26H26F3NO4/c1-25(2,24(31)32)34-21-8-5-17-11-13-30(14-12-19(17)15-21)16-22-9-10-23(33-22)18-3-6-20(7-4-18)26(27,28)29/h3-10,15H,11-14,16H2,1-2H3,(H,31,32). The highest BCUT2D eigenvalue weighted by Crippen LogP contribution is 2.32. The fraction of sp³-hybridized carbons (Fsp3) is 0.346. The Labute approximate surface area is 195 Å². The van der Waals surface area contributed by atoms with E-state index >= 15 is 0 Å². The van der Waals surface area contributed by atoms with Crippen LogP contribution in [-0.4, -0.2) is 34.7 Å². The minimum Gasteiger partial charge on any atom is -0.478 e. The summed E-state index contributed by atoms with van der Waals surface area (Å²) in [5.74, 6) is 0.785. The van der Waals surface area contributed by atoms with E-state index in [-0.39, 0.29) is 0 Å². The van der Waals surface area contributed by atoms with Crippen molar-refractivity contribution < 1.29 is 32.2 Å². The van der Waals surface area contributed by atoms with Crippen molar-refractivity contribution in [1.29, 1.82) is 0 Å². The monoisotopic (exact) mass is 473 g/mol. The van der Waals surface area contributed by atoms with E-state index in [0.717, 1.165) is 49.4 Å². The molecule has 0 radical (unpaired) electrons. The lowest BCUT2D eigenvalue weighted by Crippen LogP contribution is -2.37. The molecule has 8 heteroatoms. The fourth-order valence-electron chi connectivity index (χ4n) is 3.97. The molecule has 0 spiro atoms. The Morgan fingerprint density at radius 2 is 1.68 bits per heavy atom. The van der Waals surface area contributed by atoms with Gasteiger partial charge in [-0.05, 0) is 74.2 Å². The van der Waals surface area contributed by atoms with E-state index in [2.05, 4.69) is 4.90 Å². The highest BCUT2D eigenvalue weighted by atomic mass is 19.4. The molecule has 2 aromatic carbocycles. The van der Waals surface area contributed by atoms with Gasteiger partial charge in [0.1, 0.15) is 17.3 Å². The third-order valence-corrected chi connectivity index (χ3v) is 6.00. The molecular formula is C26H26F3NO4. The van der Waals surface area contributed by atoms with Crippen molar-refractivity contribution >= 4 is 5.97 Å². The summed E-state index contributed by atoms with van der Waals surface area (Å²) >= 11 is 0. The number of benzene rings is 2. The normalized spacial score (nSPS) is 15.0. The van der Waals surface area contributed by atoms with E-state index in [0.29, 0.717) is 23.6 Å². The summed E-state index contributed by atoms with van der Waals surface area (Å²) in [5.41, 5.74) is 0.931. The zero-order valence-corrected chi connectivity index (χ0v) is 19.0. The molecule has 0 fully saturated rings. The smallest absolute Gasteiger partial charge is 0.416 e. The first kappa shape index (κ1) is 23.9. The molecule has 4 rings (SSSR count). The van der Waals surface area contributed by atoms with Gasteiger partial charge in [0.25, 0.3) is 0 Å². The summed E-state index contributed by atoms with van der Waals surface area (Å²) in [6.45, 7) is 5.24. The van der Waals surface area contributed by atoms with Crippen LogP contribution in [0.3, 0.4) is 0 Å². The second kappa shape index (κ2) is 9.18. The minimum atomic E-state index is -4.36. The van der Waals surface area contributed by atoms with Crippen LogP contribution >= 0.6 is 0 Å². The molecule has 1 N–H and O–H groups in total. The Hall–Kier alpha value is -3.26. The number of rotatable bonds is 6. The number of furan rings is 1. The Morgan fingerprint density at radius 1 is 1.00 bits per heavy atom. The summed E-state index contributed by atoms with van der Waals surface area (Å²) in [6.07, 6.45) is -2.74. The molecule has 2 heterocycles. The number of halogens is 3. The van der Waals surface area contributed by atoms with Gasteiger partial charge in [-0.2, -0.15) is 13.2 Å². The SMILES string of the molecule is CC(C)(Oc1ccc2c(c1)CCN(Cc1ccc(-c3ccc(C(F)(F)F)cc3)o1)CC2)C(=O)O. The molecule has 3 aromatic rings. The van der Waals surface area contributed by atoms with Gasteiger partial charge in [0.05, 0.1) is 12.1 Å². The number of ether oxygens (including phenoxy) is 1. The van der Waals surface area contributed by atoms with E-state index in [1.165, 1.54) is 31.5 Å². The van der Waals surface area contributed by atoms with Crippen molar-refractivity contribution in [2.45, 2.75) is 45.0 Å². The second-order valence-electron chi connectivity index (χ2n) is 8.97. The maximum atomic E-state index is 12.8. The summed E-state index contributed by atoms with van der Waals surface area (Å²) < 4.78 is 49.9. The summed E-state index contributed by atoms with van der Waals surface area (Å²) in [5, 5.41) is 9.29.